The number of piperidine rings is 1. The first-order valence-electron chi connectivity index (χ1n) is 10.1. The quantitative estimate of drug-likeness (QED) is 0.795. The maximum absolute atomic E-state index is 12.7. The summed E-state index contributed by atoms with van der Waals surface area (Å²) in [6.45, 7) is 4.17. The molecule has 148 valence electrons. The fraction of sp³-hybridized carbons (Fsp3) is 0.619. The molecule has 3 rings (SSSR count). The second-order valence-corrected chi connectivity index (χ2v) is 7.34. The Morgan fingerprint density at radius 1 is 1.04 bits per heavy atom. The van der Waals surface area contributed by atoms with Crippen LogP contribution < -0.4 is 10.1 Å². The zero-order valence-corrected chi connectivity index (χ0v) is 16.2. The molecule has 1 aromatic carbocycles. The average Bonchev–Trinajstić information content (AvgIpc) is 3.18. The first kappa shape index (κ1) is 19.7. The highest BCUT2D eigenvalue weighted by Gasteiger charge is 2.41. The molecule has 6 heteroatoms. The molecule has 1 aromatic rings. The zero-order chi connectivity index (χ0) is 19.1. The van der Waals surface area contributed by atoms with Gasteiger partial charge in [-0.3, -0.25) is 9.59 Å². The molecule has 2 amide bonds. The van der Waals surface area contributed by atoms with Gasteiger partial charge < -0.3 is 19.7 Å². The molecule has 0 unspecified atom stereocenters. The lowest BCUT2D eigenvalue weighted by molar-refractivity contribution is -0.140. The van der Waals surface area contributed by atoms with E-state index in [2.05, 4.69) is 5.32 Å². The lowest BCUT2D eigenvalue weighted by Crippen LogP contribution is -2.43. The maximum atomic E-state index is 12.7. The lowest BCUT2D eigenvalue weighted by Gasteiger charge is -2.27. The van der Waals surface area contributed by atoms with E-state index in [-0.39, 0.29) is 18.4 Å². The molecule has 2 fully saturated rings. The minimum Gasteiger partial charge on any atom is -0.484 e. The first-order valence-corrected chi connectivity index (χ1v) is 10.1. The van der Waals surface area contributed by atoms with E-state index < -0.39 is 5.60 Å². The van der Waals surface area contributed by atoms with Gasteiger partial charge in [-0.25, -0.2) is 0 Å². The molecule has 1 saturated heterocycles. The highest BCUT2D eigenvalue weighted by atomic mass is 16.5. The third kappa shape index (κ3) is 5.01. The van der Waals surface area contributed by atoms with Crippen molar-refractivity contribution in [3.63, 3.8) is 0 Å². The van der Waals surface area contributed by atoms with Crippen molar-refractivity contribution in [2.75, 3.05) is 31.6 Å². The van der Waals surface area contributed by atoms with Crippen LogP contribution in [0.2, 0.25) is 0 Å². The monoisotopic (exact) mass is 374 g/mol. The number of carbonyl (C=O) groups excluding carboxylic acids is 2. The van der Waals surface area contributed by atoms with Crippen molar-refractivity contribution in [2.45, 2.75) is 57.5 Å². The number of hydrogen-bond acceptors (Lipinski definition) is 4. The van der Waals surface area contributed by atoms with E-state index in [0.29, 0.717) is 18.0 Å². The number of rotatable bonds is 7. The van der Waals surface area contributed by atoms with Crippen molar-refractivity contribution in [3.8, 4) is 5.75 Å². The van der Waals surface area contributed by atoms with Crippen LogP contribution in [-0.4, -0.2) is 48.6 Å². The Kier molecular flexibility index (Phi) is 6.72. The van der Waals surface area contributed by atoms with Crippen molar-refractivity contribution in [1.82, 2.24) is 4.90 Å². The Hall–Kier alpha value is -2.08. The molecule has 1 aliphatic carbocycles. The van der Waals surface area contributed by atoms with Gasteiger partial charge in [0.05, 0.1) is 0 Å². The molecule has 0 atom stereocenters. The third-order valence-electron chi connectivity index (χ3n) is 5.43. The standard InChI is InChI=1S/C21H30N2O4/c1-2-27-21(12-4-5-13-21)20(25)22-17-8-10-18(11-9-17)26-16-19(24)23-14-6-3-7-15-23/h8-11H,2-7,12-16H2,1H3,(H,22,25). The van der Waals surface area contributed by atoms with Gasteiger partial charge in [0.1, 0.15) is 11.4 Å². The van der Waals surface area contributed by atoms with E-state index >= 15 is 0 Å². The highest BCUT2D eigenvalue weighted by Crippen LogP contribution is 2.34. The lowest BCUT2D eigenvalue weighted by atomic mass is 10.0. The molecule has 6 nitrogen and oxygen atoms in total. The summed E-state index contributed by atoms with van der Waals surface area (Å²) < 4.78 is 11.4. The fourth-order valence-corrected chi connectivity index (χ4v) is 3.92. The molecule has 0 aromatic heterocycles. The van der Waals surface area contributed by atoms with Crippen molar-refractivity contribution >= 4 is 17.5 Å². The molecular weight excluding hydrogens is 344 g/mol. The Balaban J connectivity index is 1.51. The number of nitrogens with one attached hydrogen (secondary N) is 1. The Bertz CT molecular complexity index is 632. The van der Waals surface area contributed by atoms with Crippen LogP contribution in [0.3, 0.4) is 0 Å². The van der Waals surface area contributed by atoms with Crippen LogP contribution in [0.25, 0.3) is 0 Å². The number of likely N-dealkylation sites (tertiary alicyclic amines) is 1. The van der Waals surface area contributed by atoms with Gasteiger partial charge in [0.15, 0.2) is 6.61 Å². The summed E-state index contributed by atoms with van der Waals surface area (Å²) in [5.41, 5.74) is 0.0193. The number of amides is 2. The minimum atomic E-state index is -0.690. The maximum Gasteiger partial charge on any atom is 0.260 e. The molecule has 27 heavy (non-hydrogen) atoms. The normalized spacial score (nSPS) is 18.9. The van der Waals surface area contributed by atoms with Crippen molar-refractivity contribution in [2.24, 2.45) is 0 Å². The van der Waals surface area contributed by atoms with E-state index in [1.807, 2.05) is 11.8 Å². The summed E-state index contributed by atoms with van der Waals surface area (Å²) in [5.74, 6) is 0.585. The van der Waals surface area contributed by atoms with Gasteiger partial charge in [0.25, 0.3) is 11.8 Å². The second kappa shape index (κ2) is 9.22. The number of benzene rings is 1. The van der Waals surface area contributed by atoms with Gasteiger partial charge >= 0.3 is 0 Å². The molecule has 1 N–H and O–H groups in total. The Morgan fingerprint density at radius 2 is 1.70 bits per heavy atom. The Labute approximate surface area is 161 Å². The third-order valence-corrected chi connectivity index (χ3v) is 5.43. The van der Waals surface area contributed by atoms with E-state index in [4.69, 9.17) is 9.47 Å². The van der Waals surface area contributed by atoms with Crippen LogP contribution in [0.5, 0.6) is 5.75 Å². The summed E-state index contributed by atoms with van der Waals surface area (Å²) in [4.78, 5) is 26.7. The first-order chi connectivity index (χ1) is 13.1. The van der Waals surface area contributed by atoms with Gasteiger partial charge in [-0.15, -0.1) is 0 Å². The van der Waals surface area contributed by atoms with Crippen LogP contribution in [0, 0.1) is 0 Å². The predicted octanol–water partition coefficient (Wildman–Crippen LogP) is 3.37. The Morgan fingerprint density at radius 3 is 2.33 bits per heavy atom. The SMILES string of the molecule is CCOC1(C(=O)Nc2ccc(OCC(=O)N3CCCCC3)cc2)CCCC1. The molecule has 1 saturated carbocycles. The van der Waals surface area contributed by atoms with Crippen molar-refractivity contribution in [1.29, 1.82) is 0 Å². The summed E-state index contributed by atoms with van der Waals surface area (Å²) in [7, 11) is 0. The van der Waals surface area contributed by atoms with E-state index in [1.165, 1.54) is 6.42 Å². The van der Waals surface area contributed by atoms with E-state index in [9.17, 15) is 9.59 Å². The van der Waals surface area contributed by atoms with Crippen LogP contribution in [0.4, 0.5) is 5.69 Å². The van der Waals surface area contributed by atoms with Gasteiger partial charge in [-0.05, 0) is 76.1 Å². The number of hydrogen-bond donors (Lipinski definition) is 1. The van der Waals surface area contributed by atoms with Crippen LogP contribution in [0.15, 0.2) is 24.3 Å². The van der Waals surface area contributed by atoms with Crippen LogP contribution in [0.1, 0.15) is 51.9 Å². The number of carbonyl (C=O) groups is 2. The van der Waals surface area contributed by atoms with Gasteiger partial charge in [-0.2, -0.15) is 0 Å². The van der Waals surface area contributed by atoms with Crippen molar-refractivity contribution < 1.29 is 19.1 Å². The molecule has 1 heterocycles. The summed E-state index contributed by atoms with van der Waals surface area (Å²) >= 11 is 0. The topological polar surface area (TPSA) is 67.9 Å². The number of anilines is 1. The molecule has 0 bridgehead atoms. The average molecular weight is 374 g/mol. The van der Waals surface area contributed by atoms with Crippen LogP contribution in [-0.2, 0) is 14.3 Å². The number of nitrogens with zero attached hydrogens (tertiary/aromatic N) is 1. The molecule has 0 spiro atoms. The smallest absolute Gasteiger partial charge is 0.260 e. The van der Waals surface area contributed by atoms with E-state index in [1.54, 1.807) is 24.3 Å². The van der Waals surface area contributed by atoms with Crippen molar-refractivity contribution in [3.05, 3.63) is 24.3 Å². The van der Waals surface area contributed by atoms with Crippen LogP contribution >= 0.6 is 0 Å². The predicted molar refractivity (Wildman–Crippen MR) is 104 cm³/mol. The summed E-state index contributed by atoms with van der Waals surface area (Å²) in [6, 6.07) is 7.16. The summed E-state index contributed by atoms with van der Waals surface area (Å²) in [5, 5.41) is 2.96. The fourth-order valence-electron chi connectivity index (χ4n) is 3.92. The largest absolute Gasteiger partial charge is 0.484 e. The molecule has 2 aliphatic rings. The van der Waals surface area contributed by atoms with Gasteiger partial charge in [-0.1, -0.05) is 0 Å². The highest BCUT2D eigenvalue weighted by molar-refractivity contribution is 5.97. The molecular formula is C21H30N2O4. The zero-order valence-electron chi connectivity index (χ0n) is 16.2. The number of ether oxygens (including phenoxy) is 2. The second-order valence-electron chi connectivity index (χ2n) is 7.34. The molecule has 0 radical (unpaired) electrons. The minimum absolute atomic E-state index is 0.0342. The van der Waals surface area contributed by atoms with Gasteiger partial charge in [0.2, 0.25) is 0 Å². The molecule has 1 aliphatic heterocycles. The van der Waals surface area contributed by atoms with E-state index in [0.717, 1.165) is 51.6 Å². The summed E-state index contributed by atoms with van der Waals surface area (Å²) in [6.07, 6.45) is 6.92. The van der Waals surface area contributed by atoms with Gasteiger partial charge in [0, 0.05) is 25.4 Å².